The minimum absolute atomic E-state index is 0.0251. The second-order valence-electron chi connectivity index (χ2n) is 4.30. The first-order valence-electron chi connectivity index (χ1n) is 5.99. The zero-order chi connectivity index (χ0) is 11.1. The van der Waals surface area contributed by atoms with Crippen molar-refractivity contribution >= 4 is 6.03 Å². The van der Waals surface area contributed by atoms with Gasteiger partial charge in [-0.3, -0.25) is 0 Å². The molecule has 4 nitrogen and oxygen atoms in total. The van der Waals surface area contributed by atoms with Crippen molar-refractivity contribution in [2.45, 2.75) is 39.2 Å². The number of unbranched alkanes of at least 4 members (excludes halogenated alkanes) is 1. The van der Waals surface area contributed by atoms with Crippen LogP contribution in [0.5, 0.6) is 0 Å². The molecule has 0 aromatic heterocycles. The summed E-state index contributed by atoms with van der Waals surface area (Å²) in [6.45, 7) is 7.08. The summed E-state index contributed by atoms with van der Waals surface area (Å²) in [5, 5.41) is 9.17. The fraction of sp³-hybridized carbons (Fsp3) is 0.909. The van der Waals surface area contributed by atoms with Crippen LogP contribution in [0.15, 0.2) is 0 Å². The molecule has 2 unspecified atom stereocenters. The summed E-state index contributed by atoms with van der Waals surface area (Å²) in [5.74, 6) is 0.585. The minimum atomic E-state index is -0.0251. The van der Waals surface area contributed by atoms with Gasteiger partial charge < -0.3 is 16.0 Å². The van der Waals surface area contributed by atoms with Crippen molar-refractivity contribution < 1.29 is 4.79 Å². The fourth-order valence-electron chi connectivity index (χ4n) is 1.86. The van der Waals surface area contributed by atoms with E-state index < -0.39 is 0 Å². The molecule has 2 amide bonds. The van der Waals surface area contributed by atoms with Gasteiger partial charge in [-0.15, -0.1) is 0 Å². The Morgan fingerprint density at radius 1 is 1.60 bits per heavy atom. The molecule has 3 N–H and O–H groups in total. The molecule has 0 bridgehead atoms. The molecule has 1 rings (SSSR count). The Hall–Kier alpha value is -0.770. The minimum Gasteiger partial charge on any atom is -0.338 e. The first-order chi connectivity index (χ1) is 7.24. The van der Waals surface area contributed by atoms with Crippen molar-refractivity contribution in [3.8, 4) is 0 Å². The Balaban J connectivity index is 2.13. The molecule has 4 heteroatoms. The summed E-state index contributed by atoms with van der Waals surface area (Å²) in [5.41, 5.74) is 0. The molecule has 1 saturated heterocycles. The Bertz CT molecular complexity index is 190. The summed E-state index contributed by atoms with van der Waals surface area (Å²) in [7, 11) is 0. The molecule has 15 heavy (non-hydrogen) atoms. The second kappa shape index (κ2) is 6.67. The predicted octanol–water partition coefficient (Wildman–Crippen LogP) is 1.08. The molecule has 0 aromatic carbocycles. The third kappa shape index (κ3) is 4.51. The number of carbonyl (C=O) groups is 1. The van der Waals surface area contributed by atoms with Crippen LogP contribution in [0.25, 0.3) is 0 Å². The number of hydrogen-bond donors (Lipinski definition) is 3. The predicted molar refractivity (Wildman–Crippen MR) is 61.9 cm³/mol. The Morgan fingerprint density at radius 3 is 3.00 bits per heavy atom. The van der Waals surface area contributed by atoms with E-state index in [0.29, 0.717) is 5.92 Å². The van der Waals surface area contributed by atoms with Crippen molar-refractivity contribution in [3.05, 3.63) is 0 Å². The largest absolute Gasteiger partial charge is 0.338 e. The third-order valence-electron chi connectivity index (χ3n) is 2.98. The number of amides is 2. The smallest absolute Gasteiger partial charge is 0.315 e. The van der Waals surface area contributed by atoms with Gasteiger partial charge in [-0.1, -0.05) is 13.3 Å². The standard InChI is InChI=1S/C11H23N3O/c1-3-4-6-13-11(15)14-9(2)10-5-7-12-8-10/h9-10,12H,3-8H2,1-2H3,(H2,13,14,15). The summed E-state index contributed by atoms with van der Waals surface area (Å²) < 4.78 is 0. The number of urea groups is 1. The monoisotopic (exact) mass is 213 g/mol. The van der Waals surface area contributed by atoms with Gasteiger partial charge >= 0.3 is 6.03 Å². The van der Waals surface area contributed by atoms with Gasteiger partial charge in [0.25, 0.3) is 0 Å². The molecule has 0 radical (unpaired) electrons. The third-order valence-corrected chi connectivity index (χ3v) is 2.98. The topological polar surface area (TPSA) is 53.2 Å². The lowest BCUT2D eigenvalue weighted by atomic mass is 10.0. The number of rotatable bonds is 5. The van der Waals surface area contributed by atoms with E-state index in [4.69, 9.17) is 0 Å². The number of hydrogen-bond acceptors (Lipinski definition) is 2. The quantitative estimate of drug-likeness (QED) is 0.599. The zero-order valence-corrected chi connectivity index (χ0v) is 9.81. The second-order valence-corrected chi connectivity index (χ2v) is 4.30. The highest BCUT2D eigenvalue weighted by Crippen LogP contribution is 2.11. The molecular formula is C11H23N3O. The van der Waals surface area contributed by atoms with Gasteiger partial charge in [0.05, 0.1) is 0 Å². The van der Waals surface area contributed by atoms with E-state index in [-0.39, 0.29) is 12.1 Å². The molecule has 0 spiro atoms. The highest BCUT2D eigenvalue weighted by Gasteiger charge is 2.22. The SMILES string of the molecule is CCCCNC(=O)NC(C)C1CCNC1. The van der Waals surface area contributed by atoms with Gasteiger partial charge in [-0.2, -0.15) is 0 Å². The Labute approximate surface area is 92.2 Å². The van der Waals surface area contributed by atoms with Crippen LogP contribution in [0.3, 0.4) is 0 Å². The average Bonchev–Trinajstić information content (AvgIpc) is 2.70. The number of carbonyl (C=O) groups excluding carboxylic acids is 1. The van der Waals surface area contributed by atoms with Crippen LogP contribution in [0.4, 0.5) is 4.79 Å². The van der Waals surface area contributed by atoms with Crippen molar-refractivity contribution in [2.75, 3.05) is 19.6 Å². The van der Waals surface area contributed by atoms with Crippen LogP contribution in [0.2, 0.25) is 0 Å². The molecule has 0 aromatic rings. The maximum atomic E-state index is 11.4. The average molecular weight is 213 g/mol. The van der Waals surface area contributed by atoms with Crippen LogP contribution in [0.1, 0.15) is 33.1 Å². The van der Waals surface area contributed by atoms with Crippen LogP contribution >= 0.6 is 0 Å². The lowest BCUT2D eigenvalue weighted by Gasteiger charge is -2.20. The van der Waals surface area contributed by atoms with Crippen molar-refractivity contribution in [1.29, 1.82) is 0 Å². The highest BCUT2D eigenvalue weighted by atomic mass is 16.2. The van der Waals surface area contributed by atoms with Gasteiger partial charge in [0, 0.05) is 12.6 Å². The number of nitrogens with one attached hydrogen (secondary N) is 3. The molecule has 0 aliphatic carbocycles. The summed E-state index contributed by atoms with van der Waals surface area (Å²) in [6.07, 6.45) is 3.32. The molecule has 88 valence electrons. The van der Waals surface area contributed by atoms with E-state index in [1.165, 1.54) is 0 Å². The zero-order valence-electron chi connectivity index (χ0n) is 9.81. The van der Waals surface area contributed by atoms with E-state index in [2.05, 4.69) is 29.8 Å². The van der Waals surface area contributed by atoms with E-state index in [0.717, 1.165) is 38.9 Å². The highest BCUT2D eigenvalue weighted by molar-refractivity contribution is 5.74. The summed E-state index contributed by atoms with van der Waals surface area (Å²) >= 11 is 0. The van der Waals surface area contributed by atoms with Crippen molar-refractivity contribution in [1.82, 2.24) is 16.0 Å². The molecular weight excluding hydrogens is 190 g/mol. The molecule has 1 aliphatic rings. The van der Waals surface area contributed by atoms with Crippen molar-refractivity contribution in [2.24, 2.45) is 5.92 Å². The van der Waals surface area contributed by atoms with E-state index in [9.17, 15) is 4.79 Å². The Kier molecular flexibility index (Phi) is 5.47. The lowest BCUT2D eigenvalue weighted by molar-refractivity contribution is 0.233. The van der Waals surface area contributed by atoms with Crippen LogP contribution < -0.4 is 16.0 Å². The van der Waals surface area contributed by atoms with Gasteiger partial charge in [0.2, 0.25) is 0 Å². The van der Waals surface area contributed by atoms with E-state index >= 15 is 0 Å². The summed E-state index contributed by atoms with van der Waals surface area (Å²) in [6, 6.07) is 0.240. The van der Waals surface area contributed by atoms with Crippen molar-refractivity contribution in [3.63, 3.8) is 0 Å². The molecule has 1 aliphatic heterocycles. The normalized spacial score (nSPS) is 22.4. The van der Waals surface area contributed by atoms with Crippen LogP contribution in [0, 0.1) is 5.92 Å². The van der Waals surface area contributed by atoms with E-state index in [1.54, 1.807) is 0 Å². The first-order valence-corrected chi connectivity index (χ1v) is 5.99. The van der Waals surface area contributed by atoms with Crippen LogP contribution in [-0.2, 0) is 0 Å². The Morgan fingerprint density at radius 2 is 2.40 bits per heavy atom. The lowest BCUT2D eigenvalue weighted by Crippen LogP contribution is -2.44. The molecule has 1 fully saturated rings. The maximum absolute atomic E-state index is 11.4. The molecule has 1 heterocycles. The molecule has 0 saturated carbocycles. The molecule has 2 atom stereocenters. The van der Waals surface area contributed by atoms with Gasteiger partial charge in [-0.25, -0.2) is 4.79 Å². The maximum Gasteiger partial charge on any atom is 0.315 e. The van der Waals surface area contributed by atoms with Gasteiger partial charge in [0.1, 0.15) is 0 Å². The van der Waals surface area contributed by atoms with Crippen LogP contribution in [-0.4, -0.2) is 31.7 Å². The van der Waals surface area contributed by atoms with Gasteiger partial charge in [-0.05, 0) is 38.8 Å². The first kappa shape index (κ1) is 12.3. The van der Waals surface area contributed by atoms with Gasteiger partial charge in [0.15, 0.2) is 0 Å². The van der Waals surface area contributed by atoms with E-state index in [1.807, 2.05) is 0 Å². The fourth-order valence-corrected chi connectivity index (χ4v) is 1.86. The summed E-state index contributed by atoms with van der Waals surface area (Å²) in [4.78, 5) is 11.4.